The topological polar surface area (TPSA) is 82.3 Å². The number of hydrogen-bond donors (Lipinski definition) is 2. The van der Waals surface area contributed by atoms with Gasteiger partial charge in [-0.3, -0.25) is 0 Å². The minimum atomic E-state index is -0.623. The van der Waals surface area contributed by atoms with Gasteiger partial charge in [-0.1, -0.05) is 0 Å². The lowest BCUT2D eigenvalue weighted by atomic mass is 9.93. The molecular weight excluding hydrogens is 239 g/mol. The fourth-order valence-electron chi connectivity index (χ4n) is 2.08. The number of anilines is 1. The Morgan fingerprint density at radius 1 is 1.39 bits per heavy atom. The zero-order valence-corrected chi connectivity index (χ0v) is 10.5. The molecule has 100 valence electrons. The van der Waals surface area contributed by atoms with E-state index in [2.05, 4.69) is 15.4 Å². The van der Waals surface area contributed by atoms with Gasteiger partial charge in [-0.15, -0.1) is 0 Å². The predicted molar refractivity (Wildman–Crippen MR) is 63.3 cm³/mol. The van der Waals surface area contributed by atoms with Crippen LogP contribution in [0.3, 0.4) is 0 Å². The minimum absolute atomic E-state index is 0.0135. The number of hydrogen-bond acceptors (Lipinski definition) is 6. The van der Waals surface area contributed by atoms with E-state index in [1.807, 2.05) is 0 Å². The van der Waals surface area contributed by atoms with Crippen LogP contribution in [0, 0.1) is 12.7 Å². The summed E-state index contributed by atoms with van der Waals surface area (Å²) in [4.78, 5) is 8.30. The Bertz CT molecular complexity index is 435. The standard InChI is InChI=1S/C11H17FN4O2/c1-7-8(12)9(16-13)15-10(14-7)11(17-2)3-5-18-6-4-11/h3-6,13H2,1-2H3,(H,14,15,16). The van der Waals surface area contributed by atoms with Gasteiger partial charge in [0.2, 0.25) is 0 Å². The van der Waals surface area contributed by atoms with E-state index in [0.29, 0.717) is 31.9 Å². The third kappa shape index (κ3) is 2.16. The maximum absolute atomic E-state index is 13.6. The SMILES string of the molecule is COC1(c2nc(C)c(F)c(NN)n2)CCOCC1. The van der Waals surface area contributed by atoms with Crippen molar-refractivity contribution in [3.63, 3.8) is 0 Å². The summed E-state index contributed by atoms with van der Waals surface area (Å²) in [6, 6.07) is 0. The van der Waals surface area contributed by atoms with Gasteiger partial charge >= 0.3 is 0 Å². The molecule has 0 spiro atoms. The number of nitrogens with one attached hydrogen (secondary N) is 1. The first kappa shape index (κ1) is 13.1. The molecule has 3 N–H and O–H groups in total. The van der Waals surface area contributed by atoms with Crippen LogP contribution >= 0.6 is 0 Å². The van der Waals surface area contributed by atoms with E-state index in [4.69, 9.17) is 15.3 Å². The van der Waals surface area contributed by atoms with Gasteiger partial charge in [-0.25, -0.2) is 20.2 Å². The molecule has 0 radical (unpaired) electrons. The van der Waals surface area contributed by atoms with Gasteiger partial charge in [0.1, 0.15) is 5.60 Å². The smallest absolute Gasteiger partial charge is 0.187 e. The van der Waals surface area contributed by atoms with Crippen molar-refractivity contribution < 1.29 is 13.9 Å². The van der Waals surface area contributed by atoms with Crippen molar-refractivity contribution in [2.75, 3.05) is 25.7 Å². The van der Waals surface area contributed by atoms with E-state index in [1.54, 1.807) is 14.0 Å². The molecule has 1 aliphatic rings. The van der Waals surface area contributed by atoms with Crippen LogP contribution in [0.4, 0.5) is 10.2 Å². The molecule has 1 fully saturated rings. The fourth-order valence-corrected chi connectivity index (χ4v) is 2.08. The maximum Gasteiger partial charge on any atom is 0.187 e. The highest BCUT2D eigenvalue weighted by Gasteiger charge is 2.38. The van der Waals surface area contributed by atoms with Crippen molar-refractivity contribution in [2.45, 2.75) is 25.4 Å². The van der Waals surface area contributed by atoms with Crippen LogP contribution in [0.5, 0.6) is 0 Å². The number of aryl methyl sites for hydroxylation is 1. The lowest BCUT2D eigenvalue weighted by molar-refractivity contribution is -0.100. The Kier molecular flexibility index (Phi) is 3.74. The van der Waals surface area contributed by atoms with E-state index in [-0.39, 0.29) is 11.5 Å². The van der Waals surface area contributed by atoms with Crippen molar-refractivity contribution in [1.82, 2.24) is 9.97 Å². The molecular formula is C11H17FN4O2. The van der Waals surface area contributed by atoms with Crippen LogP contribution in [-0.2, 0) is 15.1 Å². The van der Waals surface area contributed by atoms with Crippen LogP contribution in [0.15, 0.2) is 0 Å². The van der Waals surface area contributed by atoms with Crippen molar-refractivity contribution >= 4 is 5.82 Å². The Hall–Kier alpha value is -1.31. The van der Waals surface area contributed by atoms with Crippen molar-refractivity contribution in [1.29, 1.82) is 0 Å². The van der Waals surface area contributed by atoms with E-state index < -0.39 is 11.4 Å². The lowest BCUT2D eigenvalue weighted by Crippen LogP contribution is -2.38. The Labute approximate surface area is 105 Å². The van der Waals surface area contributed by atoms with E-state index in [9.17, 15) is 4.39 Å². The molecule has 1 aliphatic heterocycles. The van der Waals surface area contributed by atoms with E-state index >= 15 is 0 Å². The molecule has 2 rings (SSSR count). The maximum atomic E-state index is 13.6. The number of hydrazine groups is 1. The summed E-state index contributed by atoms with van der Waals surface area (Å²) < 4.78 is 24.5. The normalized spacial score (nSPS) is 18.7. The molecule has 18 heavy (non-hydrogen) atoms. The zero-order chi connectivity index (χ0) is 13.2. The number of rotatable bonds is 3. The summed E-state index contributed by atoms with van der Waals surface area (Å²) >= 11 is 0. The van der Waals surface area contributed by atoms with Crippen LogP contribution in [0.25, 0.3) is 0 Å². The van der Waals surface area contributed by atoms with Crippen molar-refractivity contribution in [3.8, 4) is 0 Å². The minimum Gasteiger partial charge on any atom is -0.381 e. The second-order valence-corrected chi connectivity index (χ2v) is 4.25. The summed E-state index contributed by atoms with van der Waals surface area (Å²) in [5.74, 6) is 5.15. The van der Waals surface area contributed by atoms with Gasteiger partial charge in [0.25, 0.3) is 0 Å². The molecule has 0 aromatic carbocycles. The Morgan fingerprint density at radius 2 is 2.06 bits per heavy atom. The third-order valence-electron chi connectivity index (χ3n) is 3.25. The van der Waals surface area contributed by atoms with Gasteiger partial charge in [0.05, 0.1) is 5.69 Å². The number of nitrogens with two attached hydrogens (primary N) is 1. The van der Waals surface area contributed by atoms with E-state index in [1.165, 1.54) is 0 Å². The highest BCUT2D eigenvalue weighted by molar-refractivity contribution is 5.37. The Balaban J connectivity index is 2.45. The van der Waals surface area contributed by atoms with Gasteiger partial charge < -0.3 is 14.9 Å². The third-order valence-corrected chi connectivity index (χ3v) is 3.25. The molecule has 1 aromatic rings. The molecule has 0 saturated carbocycles. The highest BCUT2D eigenvalue weighted by Crippen LogP contribution is 2.34. The van der Waals surface area contributed by atoms with E-state index in [0.717, 1.165) is 0 Å². The molecule has 0 atom stereocenters. The molecule has 2 heterocycles. The molecule has 0 unspecified atom stereocenters. The zero-order valence-electron chi connectivity index (χ0n) is 10.5. The van der Waals surface area contributed by atoms with Gasteiger partial charge in [0, 0.05) is 33.2 Å². The first-order valence-electron chi connectivity index (χ1n) is 5.77. The average Bonchev–Trinajstić information content (AvgIpc) is 2.42. The molecule has 0 aliphatic carbocycles. The Morgan fingerprint density at radius 3 is 2.61 bits per heavy atom. The molecule has 0 amide bonds. The number of halogens is 1. The summed E-state index contributed by atoms with van der Waals surface area (Å²) in [6.07, 6.45) is 1.27. The first-order chi connectivity index (χ1) is 8.63. The summed E-state index contributed by atoms with van der Waals surface area (Å²) in [6.45, 7) is 2.71. The van der Waals surface area contributed by atoms with Crippen LogP contribution in [0.2, 0.25) is 0 Å². The van der Waals surface area contributed by atoms with Gasteiger partial charge in [-0.05, 0) is 6.92 Å². The number of ether oxygens (including phenoxy) is 2. The first-order valence-corrected chi connectivity index (χ1v) is 5.77. The summed E-state index contributed by atoms with van der Waals surface area (Å²) in [5, 5.41) is 0. The molecule has 7 heteroatoms. The number of aromatic nitrogens is 2. The van der Waals surface area contributed by atoms with Gasteiger partial charge in [0.15, 0.2) is 17.5 Å². The molecule has 1 saturated heterocycles. The van der Waals surface area contributed by atoms with Crippen LogP contribution < -0.4 is 11.3 Å². The number of nitrogens with zero attached hydrogens (tertiary/aromatic N) is 2. The molecule has 1 aromatic heterocycles. The average molecular weight is 256 g/mol. The highest BCUT2D eigenvalue weighted by atomic mass is 19.1. The fraction of sp³-hybridized carbons (Fsp3) is 0.636. The van der Waals surface area contributed by atoms with Gasteiger partial charge in [-0.2, -0.15) is 0 Å². The lowest BCUT2D eigenvalue weighted by Gasteiger charge is -2.34. The summed E-state index contributed by atoms with van der Waals surface area (Å²) in [5.41, 5.74) is 1.87. The number of methoxy groups -OCH3 is 1. The summed E-state index contributed by atoms with van der Waals surface area (Å²) in [7, 11) is 1.60. The molecule has 6 nitrogen and oxygen atoms in total. The predicted octanol–water partition coefficient (Wildman–Crippen LogP) is 0.862. The van der Waals surface area contributed by atoms with Crippen LogP contribution in [0.1, 0.15) is 24.4 Å². The quantitative estimate of drug-likeness (QED) is 0.616. The second-order valence-electron chi connectivity index (χ2n) is 4.25. The second kappa shape index (κ2) is 5.13. The molecule has 0 bridgehead atoms. The van der Waals surface area contributed by atoms with Crippen LogP contribution in [-0.4, -0.2) is 30.3 Å². The van der Waals surface area contributed by atoms with Crippen molar-refractivity contribution in [2.24, 2.45) is 5.84 Å². The van der Waals surface area contributed by atoms with Crippen molar-refractivity contribution in [3.05, 3.63) is 17.3 Å². The monoisotopic (exact) mass is 256 g/mol. The number of nitrogen functional groups attached to an aromatic ring is 1. The largest absolute Gasteiger partial charge is 0.381 e.